The summed E-state index contributed by atoms with van der Waals surface area (Å²) < 4.78 is 11.3. The van der Waals surface area contributed by atoms with E-state index < -0.39 is 0 Å². The summed E-state index contributed by atoms with van der Waals surface area (Å²) in [6.45, 7) is 4.09. The first-order valence-corrected chi connectivity index (χ1v) is 7.15. The van der Waals surface area contributed by atoms with Gasteiger partial charge >= 0.3 is 0 Å². The molecule has 2 aliphatic rings. The monoisotopic (exact) mass is 275 g/mol. The van der Waals surface area contributed by atoms with Crippen LogP contribution in [0.15, 0.2) is 24.3 Å². The van der Waals surface area contributed by atoms with Crippen LogP contribution in [-0.2, 0) is 9.47 Å². The molecule has 4 heteroatoms. The first-order valence-electron chi connectivity index (χ1n) is 7.15. The summed E-state index contributed by atoms with van der Waals surface area (Å²) in [5, 5.41) is 0. The van der Waals surface area contributed by atoms with E-state index in [0.29, 0.717) is 13.1 Å². The average Bonchev–Trinajstić information content (AvgIpc) is 2.44. The average molecular weight is 275 g/mol. The van der Waals surface area contributed by atoms with Crippen molar-refractivity contribution in [1.82, 2.24) is 4.90 Å². The molecular weight excluding hydrogens is 254 g/mol. The van der Waals surface area contributed by atoms with E-state index in [2.05, 4.69) is 0 Å². The fraction of sp³-hybridized carbons (Fsp3) is 0.562. The van der Waals surface area contributed by atoms with Gasteiger partial charge in [-0.1, -0.05) is 17.7 Å². The standard InChI is InChI=1S/C16H21NO3/c1-12-4-3-5-13(8-12)15(18)17-10-16(11-17)9-14(19-2)6-7-20-16/h3-5,8,14H,6-7,9-11H2,1-2H3/t14-/m0/s1. The van der Waals surface area contributed by atoms with Crippen molar-refractivity contribution in [1.29, 1.82) is 0 Å². The quantitative estimate of drug-likeness (QED) is 0.829. The van der Waals surface area contributed by atoms with Gasteiger partial charge in [-0.25, -0.2) is 0 Å². The number of hydrogen-bond acceptors (Lipinski definition) is 3. The zero-order valence-corrected chi connectivity index (χ0v) is 12.1. The predicted molar refractivity (Wildman–Crippen MR) is 75.8 cm³/mol. The minimum Gasteiger partial charge on any atom is -0.381 e. The van der Waals surface area contributed by atoms with Gasteiger partial charge in [0.15, 0.2) is 0 Å². The highest BCUT2D eigenvalue weighted by Crippen LogP contribution is 2.35. The molecule has 1 atom stereocenters. The van der Waals surface area contributed by atoms with Crippen molar-refractivity contribution in [2.24, 2.45) is 0 Å². The number of likely N-dealkylation sites (tertiary alicyclic amines) is 1. The summed E-state index contributed by atoms with van der Waals surface area (Å²) >= 11 is 0. The van der Waals surface area contributed by atoms with Gasteiger partial charge in [0.1, 0.15) is 5.60 Å². The van der Waals surface area contributed by atoms with Crippen LogP contribution in [-0.4, -0.2) is 49.3 Å². The summed E-state index contributed by atoms with van der Waals surface area (Å²) in [4.78, 5) is 14.3. The Hall–Kier alpha value is -1.39. The van der Waals surface area contributed by atoms with E-state index in [1.165, 1.54) is 0 Å². The second kappa shape index (κ2) is 5.19. The number of methoxy groups -OCH3 is 1. The minimum absolute atomic E-state index is 0.0995. The van der Waals surface area contributed by atoms with E-state index in [4.69, 9.17) is 9.47 Å². The number of ether oxygens (including phenoxy) is 2. The molecular formula is C16H21NO3. The lowest BCUT2D eigenvalue weighted by Crippen LogP contribution is -2.67. The van der Waals surface area contributed by atoms with Crippen molar-refractivity contribution in [3.05, 3.63) is 35.4 Å². The first-order chi connectivity index (χ1) is 9.62. The second-order valence-corrected chi connectivity index (χ2v) is 5.91. The SMILES string of the molecule is CO[C@H]1CCOC2(C1)CN(C(=O)c1cccc(C)c1)C2. The summed E-state index contributed by atoms with van der Waals surface area (Å²) in [5.74, 6) is 0.0995. The maximum absolute atomic E-state index is 12.4. The van der Waals surface area contributed by atoms with Gasteiger partial charge in [0, 0.05) is 25.7 Å². The van der Waals surface area contributed by atoms with E-state index >= 15 is 0 Å². The van der Waals surface area contributed by atoms with Crippen molar-refractivity contribution in [3.63, 3.8) is 0 Å². The van der Waals surface area contributed by atoms with Crippen molar-refractivity contribution in [2.45, 2.75) is 31.5 Å². The van der Waals surface area contributed by atoms with Crippen LogP contribution in [0.1, 0.15) is 28.8 Å². The van der Waals surface area contributed by atoms with E-state index in [9.17, 15) is 4.79 Å². The summed E-state index contributed by atoms with van der Waals surface area (Å²) in [6.07, 6.45) is 2.10. The molecule has 0 N–H and O–H groups in total. The van der Waals surface area contributed by atoms with Crippen LogP contribution < -0.4 is 0 Å². The summed E-state index contributed by atoms with van der Waals surface area (Å²) in [7, 11) is 1.75. The molecule has 0 unspecified atom stereocenters. The summed E-state index contributed by atoms with van der Waals surface area (Å²) in [6, 6.07) is 7.74. The Bertz CT molecular complexity index is 508. The van der Waals surface area contributed by atoms with E-state index in [1.54, 1.807) is 7.11 Å². The van der Waals surface area contributed by atoms with Gasteiger partial charge < -0.3 is 14.4 Å². The number of hydrogen-bond donors (Lipinski definition) is 0. The molecule has 20 heavy (non-hydrogen) atoms. The van der Waals surface area contributed by atoms with E-state index in [-0.39, 0.29) is 17.6 Å². The van der Waals surface area contributed by atoms with Gasteiger partial charge in [0.25, 0.3) is 5.91 Å². The fourth-order valence-electron chi connectivity index (χ4n) is 3.16. The van der Waals surface area contributed by atoms with Gasteiger partial charge in [-0.05, 0) is 25.5 Å². The number of carbonyl (C=O) groups excluding carboxylic acids is 1. The number of amides is 1. The van der Waals surface area contributed by atoms with Crippen LogP contribution in [0, 0.1) is 6.92 Å². The topological polar surface area (TPSA) is 38.8 Å². The van der Waals surface area contributed by atoms with Crippen molar-refractivity contribution >= 4 is 5.91 Å². The van der Waals surface area contributed by atoms with Gasteiger partial charge in [-0.2, -0.15) is 0 Å². The van der Waals surface area contributed by atoms with Crippen molar-refractivity contribution in [2.75, 3.05) is 26.8 Å². The highest BCUT2D eigenvalue weighted by molar-refractivity contribution is 5.95. The lowest BCUT2D eigenvalue weighted by Gasteiger charge is -2.52. The fourth-order valence-corrected chi connectivity index (χ4v) is 3.16. The summed E-state index contributed by atoms with van der Waals surface area (Å²) in [5.41, 5.74) is 1.71. The van der Waals surface area contributed by atoms with Crippen LogP contribution in [0.2, 0.25) is 0 Å². The molecule has 1 spiro atoms. The Balaban J connectivity index is 1.64. The zero-order valence-electron chi connectivity index (χ0n) is 12.1. The van der Waals surface area contributed by atoms with Crippen LogP contribution >= 0.6 is 0 Å². The lowest BCUT2D eigenvalue weighted by atomic mass is 9.84. The predicted octanol–water partition coefficient (Wildman–Crippen LogP) is 2.02. The molecule has 2 saturated heterocycles. The molecule has 1 aromatic rings. The minimum atomic E-state index is -0.168. The molecule has 0 aromatic heterocycles. The number of aryl methyl sites for hydroxylation is 1. The number of benzene rings is 1. The van der Waals surface area contributed by atoms with E-state index in [1.807, 2.05) is 36.1 Å². The molecule has 4 nitrogen and oxygen atoms in total. The van der Waals surface area contributed by atoms with Crippen LogP contribution in [0.25, 0.3) is 0 Å². The highest BCUT2D eigenvalue weighted by atomic mass is 16.5. The zero-order chi connectivity index (χ0) is 14.2. The largest absolute Gasteiger partial charge is 0.381 e. The molecule has 0 radical (unpaired) electrons. The van der Waals surface area contributed by atoms with Gasteiger partial charge in [-0.15, -0.1) is 0 Å². The maximum Gasteiger partial charge on any atom is 0.254 e. The normalized spacial score (nSPS) is 24.5. The molecule has 0 aliphatic carbocycles. The maximum atomic E-state index is 12.4. The van der Waals surface area contributed by atoms with Gasteiger partial charge in [0.2, 0.25) is 0 Å². The second-order valence-electron chi connectivity index (χ2n) is 5.91. The molecule has 2 heterocycles. The number of carbonyl (C=O) groups is 1. The first kappa shape index (κ1) is 13.6. The molecule has 1 amide bonds. The number of nitrogens with zero attached hydrogens (tertiary/aromatic N) is 1. The van der Waals surface area contributed by atoms with Gasteiger partial charge in [-0.3, -0.25) is 4.79 Å². The number of rotatable bonds is 2. The van der Waals surface area contributed by atoms with Crippen molar-refractivity contribution in [3.8, 4) is 0 Å². The molecule has 3 rings (SSSR count). The molecule has 2 fully saturated rings. The van der Waals surface area contributed by atoms with Crippen LogP contribution in [0.3, 0.4) is 0 Å². The molecule has 0 saturated carbocycles. The Morgan fingerprint density at radius 1 is 1.45 bits per heavy atom. The molecule has 108 valence electrons. The Morgan fingerprint density at radius 2 is 2.25 bits per heavy atom. The smallest absolute Gasteiger partial charge is 0.254 e. The third kappa shape index (κ3) is 2.45. The molecule has 0 bridgehead atoms. The van der Waals surface area contributed by atoms with Crippen LogP contribution in [0.5, 0.6) is 0 Å². The third-order valence-corrected chi connectivity index (χ3v) is 4.29. The van der Waals surface area contributed by atoms with Crippen molar-refractivity contribution < 1.29 is 14.3 Å². The van der Waals surface area contributed by atoms with Gasteiger partial charge in [0.05, 0.1) is 19.2 Å². The Morgan fingerprint density at radius 3 is 2.95 bits per heavy atom. The van der Waals surface area contributed by atoms with E-state index in [0.717, 1.165) is 30.6 Å². The highest BCUT2D eigenvalue weighted by Gasteiger charge is 2.49. The molecule has 2 aliphatic heterocycles. The Kier molecular flexibility index (Phi) is 3.52. The lowest BCUT2D eigenvalue weighted by molar-refractivity contribution is -0.181. The van der Waals surface area contributed by atoms with Crippen LogP contribution in [0.4, 0.5) is 0 Å². The third-order valence-electron chi connectivity index (χ3n) is 4.29. The molecule has 1 aromatic carbocycles. The Labute approximate surface area is 119 Å².